The van der Waals surface area contributed by atoms with Gasteiger partial charge in [0.2, 0.25) is 0 Å². The third-order valence-corrected chi connectivity index (χ3v) is 10.5. The molecule has 61 heavy (non-hydrogen) atoms. The number of hydrogen-bond donors (Lipinski definition) is 3. The van der Waals surface area contributed by atoms with Crippen molar-refractivity contribution < 1.29 is 47.8 Å². The van der Waals surface area contributed by atoms with Crippen molar-refractivity contribution in [1.82, 2.24) is 0 Å². The highest BCUT2D eigenvalue weighted by atomic mass is 31.2. The van der Waals surface area contributed by atoms with Gasteiger partial charge in [0.25, 0.3) is 0 Å². The van der Waals surface area contributed by atoms with Gasteiger partial charge >= 0.3 is 19.8 Å². The largest absolute Gasteiger partial charge is 0.472 e. The Balaban J connectivity index is 4.37. The number of carbonyl (C=O) groups excluding carboxylic acids is 2. The first-order valence-electron chi connectivity index (χ1n) is 23.5. The Morgan fingerprint density at radius 3 is 1.43 bits per heavy atom. The van der Waals surface area contributed by atoms with Crippen LogP contribution in [0.1, 0.15) is 181 Å². The molecule has 3 atom stereocenters. The number of rotatable bonds is 43. The van der Waals surface area contributed by atoms with E-state index >= 15 is 0 Å². The van der Waals surface area contributed by atoms with Gasteiger partial charge in [0, 0.05) is 12.8 Å². The number of unbranched alkanes of at least 4 members (excludes halogenated alkanes) is 15. The molecule has 0 fully saturated rings. The fourth-order valence-electron chi connectivity index (χ4n) is 5.95. The average Bonchev–Trinajstić information content (AvgIpc) is 3.25. The van der Waals surface area contributed by atoms with E-state index < -0.39 is 51.8 Å². The minimum absolute atomic E-state index is 0.0549. The molecule has 0 aliphatic rings. The van der Waals surface area contributed by atoms with Gasteiger partial charge in [-0.3, -0.25) is 18.6 Å². The van der Waals surface area contributed by atoms with Crippen LogP contribution in [0.4, 0.5) is 0 Å². The fourth-order valence-corrected chi connectivity index (χ4v) is 6.74. The third-order valence-electron chi connectivity index (χ3n) is 9.55. The number of phosphoric ester groups is 1. The smallest absolute Gasteiger partial charge is 0.462 e. The topological polar surface area (TPSA) is 149 Å². The molecular formula is C50H85O10P. The van der Waals surface area contributed by atoms with Crippen molar-refractivity contribution in [3.05, 3.63) is 85.1 Å². The molecule has 350 valence electrons. The maximum Gasteiger partial charge on any atom is 0.472 e. The van der Waals surface area contributed by atoms with Crippen molar-refractivity contribution >= 4 is 19.8 Å². The Morgan fingerprint density at radius 1 is 0.508 bits per heavy atom. The molecule has 0 rings (SSSR count). The maximum absolute atomic E-state index is 12.6. The molecule has 0 aliphatic carbocycles. The molecule has 0 spiro atoms. The molecule has 0 amide bonds. The van der Waals surface area contributed by atoms with Gasteiger partial charge in [-0.1, -0.05) is 176 Å². The summed E-state index contributed by atoms with van der Waals surface area (Å²) in [6.07, 6.45) is 54.2. The average molecular weight is 877 g/mol. The lowest BCUT2D eigenvalue weighted by molar-refractivity contribution is -0.161. The predicted octanol–water partition coefficient (Wildman–Crippen LogP) is 13.0. The summed E-state index contributed by atoms with van der Waals surface area (Å²) in [5.74, 6) is -1.03. The molecule has 0 aromatic heterocycles. The molecule has 0 aliphatic heterocycles. The van der Waals surface area contributed by atoms with E-state index in [-0.39, 0.29) is 19.4 Å². The van der Waals surface area contributed by atoms with Crippen molar-refractivity contribution in [1.29, 1.82) is 0 Å². The van der Waals surface area contributed by atoms with Crippen LogP contribution in [-0.2, 0) is 32.7 Å². The zero-order chi connectivity index (χ0) is 44.8. The van der Waals surface area contributed by atoms with E-state index in [1.54, 1.807) is 0 Å². The molecule has 0 heterocycles. The SMILES string of the molecule is CC/C=C/C/C=C/C/C=C/C/C=C/C/C=C/C/C=C/CCC(=O)O[C@H](COC(=O)CCCCCCCCCCC/C=C/CCCCCCCC)COP(=O)(O)OC[C@@H](O)CO. The number of phosphoric acid groups is 1. The molecule has 0 bridgehead atoms. The summed E-state index contributed by atoms with van der Waals surface area (Å²) in [4.78, 5) is 35.1. The minimum Gasteiger partial charge on any atom is -0.462 e. The zero-order valence-electron chi connectivity index (χ0n) is 38.1. The van der Waals surface area contributed by atoms with Crippen LogP contribution in [0, 0.1) is 0 Å². The second-order valence-electron chi connectivity index (χ2n) is 15.4. The van der Waals surface area contributed by atoms with E-state index in [1.165, 1.54) is 83.5 Å². The van der Waals surface area contributed by atoms with E-state index in [2.05, 4.69) is 91.3 Å². The fraction of sp³-hybridized carbons (Fsp3) is 0.680. The van der Waals surface area contributed by atoms with E-state index in [9.17, 15) is 24.2 Å². The van der Waals surface area contributed by atoms with Crippen molar-refractivity contribution in [2.75, 3.05) is 26.4 Å². The second kappa shape index (κ2) is 45.2. The van der Waals surface area contributed by atoms with Gasteiger partial charge in [-0.15, -0.1) is 0 Å². The lowest BCUT2D eigenvalue weighted by Crippen LogP contribution is -2.29. The number of esters is 2. The number of hydrogen-bond acceptors (Lipinski definition) is 9. The van der Waals surface area contributed by atoms with E-state index in [1.807, 2.05) is 12.2 Å². The van der Waals surface area contributed by atoms with Gasteiger partial charge in [-0.2, -0.15) is 0 Å². The van der Waals surface area contributed by atoms with Gasteiger partial charge in [0.15, 0.2) is 6.10 Å². The van der Waals surface area contributed by atoms with Crippen LogP contribution in [0.25, 0.3) is 0 Å². The lowest BCUT2D eigenvalue weighted by atomic mass is 10.1. The van der Waals surface area contributed by atoms with Crippen LogP contribution >= 0.6 is 7.82 Å². The van der Waals surface area contributed by atoms with Gasteiger partial charge in [0.05, 0.1) is 19.8 Å². The summed E-state index contributed by atoms with van der Waals surface area (Å²) in [5.41, 5.74) is 0. The first-order chi connectivity index (χ1) is 29.7. The first kappa shape index (κ1) is 58.1. The van der Waals surface area contributed by atoms with E-state index in [0.717, 1.165) is 57.8 Å². The molecule has 0 aromatic rings. The summed E-state index contributed by atoms with van der Waals surface area (Å²) in [6, 6.07) is 0. The molecular weight excluding hydrogens is 792 g/mol. The zero-order valence-corrected chi connectivity index (χ0v) is 39.0. The summed E-state index contributed by atoms with van der Waals surface area (Å²) in [6.45, 7) is 2.17. The van der Waals surface area contributed by atoms with Gasteiger partial charge in [-0.25, -0.2) is 4.57 Å². The van der Waals surface area contributed by atoms with Crippen molar-refractivity contribution in [3.63, 3.8) is 0 Å². The minimum atomic E-state index is -4.65. The number of ether oxygens (including phenoxy) is 2. The Kier molecular flexibility index (Phi) is 43.1. The quantitative estimate of drug-likeness (QED) is 0.0234. The maximum atomic E-state index is 12.6. The molecule has 3 N–H and O–H groups in total. The van der Waals surface area contributed by atoms with E-state index in [0.29, 0.717) is 12.8 Å². The number of aliphatic hydroxyl groups is 2. The highest BCUT2D eigenvalue weighted by Gasteiger charge is 2.27. The van der Waals surface area contributed by atoms with Crippen LogP contribution in [0.3, 0.4) is 0 Å². The van der Waals surface area contributed by atoms with Crippen LogP contribution in [0.15, 0.2) is 85.1 Å². The van der Waals surface area contributed by atoms with Gasteiger partial charge < -0.3 is 24.6 Å². The molecule has 10 nitrogen and oxygen atoms in total. The van der Waals surface area contributed by atoms with Gasteiger partial charge in [-0.05, 0) is 77.0 Å². The summed E-state index contributed by atoms with van der Waals surface area (Å²) < 4.78 is 32.7. The number of aliphatic hydroxyl groups excluding tert-OH is 2. The normalized spacial score (nSPS) is 14.5. The Hall–Kier alpha value is -2.85. The van der Waals surface area contributed by atoms with Crippen LogP contribution in [0.2, 0.25) is 0 Å². The highest BCUT2D eigenvalue weighted by Crippen LogP contribution is 2.43. The third kappa shape index (κ3) is 45.0. The second-order valence-corrected chi connectivity index (χ2v) is 16.8. The number of carbonyl (C=O) groups is 2. The molecule has 0 radical (unpaired) electrons. The van der Waals surface area contributed by atoms with E-state index in [4.69, 9.17) is 19.1 Å². The summed E-state index contributed by atoms with van der Waals surface area (Å²) in [7, 11) is -4.65. The first-order valence-corrected chi connectivity index (χ1v) is 25.0. The Labute approximate surface area is 371 Å². The van der Waals surface area contributed by atoms with Crippen LogP contribution in [-0.4, -0.2) is 65.7 Å². The molecule has 0 aromatic carbocycles. The highest BCUT2D eigenvalue weighted by molar-refractivity contribution is 7.47. The molecule has 1 unspecified atom stereocenters. The monoisotopic (exact) mass is 877 g/mol. The van der Waals surface area contributed by atoms with Crippen molar-refractivity contribution in [2.45, 2.75) is 193 Å². The molecule has 0 saturated carbocycles. The Bertz CT molecular complexity index is 1280. The molecule has 11 heteroatoms. The number of allylic oxidation sites excluding steroid dienone is 14. The van der Waals surface area contributed by atoms with Crippen LogP contribution < -0.4 is 0 Å². The van der Waals surface area contributed by atoms with Crippen molar-refractivity contribution in [2.24, 2.45) is 0 Å². The Morgan fingerprint density at radius 2 is 0.934 bits per heavy atom. The standard InChI is InChI=1S/C50H85O10P/c1-3-5-7-9-11-13-15-17-19-21-23-25-27-29-31-33-35-37-39-41-49(53)57-45-48(46-59-61(55,56)58-44-47(52)43-51)60-50(54)42-40-38-36-34-32-30-28-26-24-22-20-18-16-14-12-10-8-6-4-2/h6,8,12,14,17-20,24,26,30,32,36,38,47-48,51-52H,3-5,7,9-11,13,15-16,21-23,25,27-29,31,33-35,37,39-46H2,1-2H3,(H,55,56)/b8-6+,14-12+,19-17+,20-18+,26-24+,32-30+,38-36+/t47-,48+/m0/s1. The van der Waals surface area contributed by atoms with Gasteiger partial charge in [0.1, 0.15) is 12.7 Å². The summed E-state index contributed by atoms with van der Waals surface area (Å²) in [5, 5.41) is 18.4. The predicted molar refractivity (Wildman–Crippen MR) is 251 cm³/mol. The van der Waals surface area contributed by atoms with Crippen LogP contribution in [0.5, 0.6) is 0 Å². The lowest BCUT2D eigenvalue weighted by Gasteiger charge is -2.20. The van der Waals surface area contributed by atoms with Crippen molar-refractivity contribution in [3.8, 4) is 0 Å². The summed E-state index contributed by atoms with van der Waals surface area (Å²) >= 11 is 0. The molecule has 0 saturated heterocycles.